The minimum Gasteiger partial charge on any atom is -0.398 e. The van der Waals surface area contributed by atoms with E-state index in [9.17, 15) is 4.79 Å². The van der Waals surface area contributed by atoms with E-state index < -0.39 is 0 Å². The van der Waals surface area contributed by atoms with Crippen LogP contribution in [0.3, 0.4) is 0 Å². The van der Waals surface area contributed by atoms with Crippen molar-refractivity contribution in [3.05, 3.63) is 23.8 Å². The highest BCUT2D eigenvalue weighted by Crippen LogP contribution is 2.20. The smallest absolute Gasteiger partial charge is 0.250 e. The van der Waals surface area contributed by atoms with Crippen molar-refractivity contribution in [3.8, 4) is 0 Å². The molecule has 1 aromatic carbocycles. The van der Waals surface area contributed by atoms with E-state index in [2.05, 4.69) is 19.2 Å². The van der Waals surface area contributed by atoms with E-state index >= 15 is 0 Å². The van der Waals surface area contributed by atoms with Gasteiger partial charge in [-0.3, -0.25) is 4.79 Å². The lowest BCUT2D eigenvalue weighted by Gasteiger charge is -2.15. The lowest BCUT2D eigenvalue weighted by Crippen LogP contribution is -2.23. The fourth-order valence-corrected chi connectivity index (χ4v) is 1.93. The Hall–Kier alpha value is -1.55. The summed E-state index contributed by atoms with van der Waals surface area (Å²) in [7, 11) is 0. The van der Waals surface area contributed by atoms with Crippen LogP contribution in [0.5, 0.6) is 0 Å². The van der Waals surface area contributed by atoms with Crippen molar-refractivity contribution in [2.45, 2.75) is 40.2 Å². The molecule has 4 heteroatoms. The first-order valence-electron chi connectivity index (χ1n) is 6.66. The third-order valence-electron chi connectivity index (χ3n) is 2.95. The SMILES string of the molecule is Cc1c(N)cccc1NC(=O)COC(C)CC(C)C. The zero-order valence-corrected chi connectivity index (χ0v) is 12.2. The van der Waals surface area contributed by atoms with Crippen LogP contribution in [-0.4, -0.2) is 18.6 Å². The van der Waals surface area contributed by atoms with Gasteiger partial charge in [-0.05, 0) is 43.9 Å². The minimum absolute atomic E-state index is 0.0716. The molecular weight excluding hydrogens is 240 g/mol. The second-order valence-electron chi connectivity index (χ2n) is 5.32. The van der Waals surface area contributed by atoms with Crippen LogP contribution in [0.2, 0.25) is 0 Å². The molecule has 0 aliphatic rings. The van der Waals surface area contributed by atoms with Gasteiger partial charge in [-0.2, -0.15) is 0 Å². The standard InChI is InChI=1S/C15H24N2O2/c1-10(2)8-11(3)19-9-15(18)17-14-7-5-6-13(16)12(14)4/h5-7,10-11H,8-9,16H2,1-4H3,(H,17,18). The molecule has 1 amide bonds. The highest BCUT2D eigenvalue weighted by molar-refractivity contribution is 5.93. The first kappa shape index (κ1) is 15.5. The van der Waals surface area contributed by atoms with Gasteiger partial charge in [0.2, 0.25) is 5.91 Å². The Morgan fingerprint density at radius 2 is 2.05 bits per heavy atom. The zero-order valence-electron chi connectivity index (χ0n) is 12.2. The summed E-state index contributed by atoms with van der Waals surface area (Å²) in [6.07, 6.45) is 1.04. The lowest BCUT2D eigenvalue weighted by molar-refractivity contribution is -0.122. The van der Waals surface area contributed by atoms with Gasteiger partial charge in [0.15, 0.2) is 0 Å². The topological polar surface area (TPSA) is 64.3 Å². The normalized spacial score (nSPS) is 12.5. The number of hydrogen-bond acceptors (Lipinski definition) is 3. The van der Waals surface area contributed by atoms with Gasteiger partial charge in [-0.1, -0.05) is 19.9 Å². The van der Waals surface area contributed by atoms with Gasteiger partial charge in [0.05, 0.1) is 6.10 Å². The molecule has 4 nitrogen and oxygen atoms in total. The third-order valence-corrected chi connectivity index (χ3v) is 2.95. The maximum Gasteiger partial charge on any atom is 0.250 e. The lowest BCUT2D eigenvalue weighted by atomic mass is 10.1. The maximum absolute atomic E-state index is 11.8. The molecule has 0 fully saturated rings. The molecule has 3 N–H and O–H groups in total. The van der Waals surface area contributed by atoms with Crippen molar-refractivity contribution in [2.75, 3.05) is 17.7 Å². The summed E-state index contributed by atoms with van der Waals surface area (Å²) >= 11 is 0. The molecule has 0 aliphatic heterocycles. The Morgan fingerprint density at radius 3 is 2.68 bits per heavy atom. The molecule has 0 spiro atoms. The molecule has 0 saturated carbocycles. The number of carbonyl (C=O) groups is 1. The van der Waals surface area contributed by atoms with Gasteiger partial charge in [-0.25, -0.2) is 0 Å². The first-order chi connectivity index (χ1) is 8.90. The van der Waals surface area contributed by atoms with Crippen LogP contribution in [0.1, 0.15) is 32.8 Å². The summed E-state index contributed by atoms with van der Waals surface area (Å²) in [5.41, 5.74) is 8.09. The Bertz CT molecular complexity index is 430. The Balaban J connectivity index is 2.45. The Labute approximate surface area is 115 Å². The molecule has 1 atom stereocenters. The number of amides is 1. The molecule has 0 radical (unpaired) electrons. The largest absolute Gasteiger partial charge is 0.398 e. The van der Waals surface area contributed by atoms with Crippen LogP contribution in [0, 0.1) is 12.8 Å². The fraction of sp³-hybridized carbons (Fsp3) is 0.533. The van der Waals surface area contributed by atoms with Crippen LogP contribution >= 0.6 is 0 Å². The van der Waals surface area contributed by atoms with E-state index in [1.54, 1.807) is 0 Å². The number of nitrogens with two attached hydrogens (primary N) is 1. The summed E-state index contributed by atoms with van der Waals surface area (Å²) in [4.78, 5) is 11.8. The number of nitrogen functional groups attached to an aromatic ring is 1. The first-order valence-corrected chi connectivity index (χ1v) is 6.66. The minimum atomic E-state index is -0.149. The monoisotopic (exact) mass is 264 g/mol. The van der Waals surface area contributed by atoms with Gasteiger partial charge < -0.3 is 15.8 Å². The number of anilines is 2. The van der Waals surface area contributed by atoms with Crippen LogP contribution in [-0.2, 0) is 9.53 Å². The van der Waals surface area contributed by atoms with Gasteiger partial charge >= 0.3 is 0 Å². The average molecular weight is 264 g/mol. The van der Waals surface area contributed by atoms with Crippen LogP contribution in [0.25, 0.3) is 0 Å². The van der Waals surface area contributed by atoms with E-state index in [1.807, 2.05) is 32.0 Å². The molecule has 106 valence electrons. The molecule has 1 rings (SSSR count). The van der Waals surface area contributed by atoms with Crippen molar-refractivity contribution in [3.63, 3.8) is 0 Å². The van der Waals surface area contributed by atoms with Gasteiger partial charge in [0, 0.05) is 11.4 Å². The summed E-state index contributed by atoms with van der Waals surface area (Å²) in [6.45, 7) is 8.21. The van der Waals surface area contributed by atoms with Gasteiger partial charge in [0.25, 0.3) is 0 Å². The van der Waals surface area contributed by atoms with Crippen molar-refractivity contribution >= 4 is 17.3 Å². The number of rotatable bonds is 6. The second-order valence-corrected chi connectivity index (χ2v) is 5.32. The molecular formula is C15H24N2O2. The van der Waals surface area contributed by atoms with E-state index in [4.69, 9.17) is 10.5 Å². The molecule has 0 saturated heterocycles. The quantitative estimate of drug-likeness (QED) is 0.776. The van der Waals surface area contributed by atoms with Crippen molar-refractivity contribution < 1.29 is 9.53 Å². The molecule has 1 unspecified atom stereocenters. The van der Waals surface area contributed by atoms with E-state index in [0.717, 1.165) is 17.7 Å². The fourth-order valence-electron chi connectivity index (χ4n) is 1.93. The molecule has 0 heterocycles. The van der Waals surface area contributed by atoms with E-state index in [1.165, 1.54) is 0 Å². The Kier molecular flexibility index (Phi) is 5.83. The van der Waals surface area contributed by atoms with Crippen molar-refractivity contribution in [2.24, 2.45) is 5.92 Å². The molecule has 1 aromatic rings. The van der Waals surface area contributed by atoms with Crippen LogP contribution in [0.15, 0.2) is 18.2 Å². The van der Waals surface area contributed by atoms with Crippen molar-refractivity contribution in [1.82, 2.24) is 0 Å². The van der Waals surface area contributed by atoms with E-state index in [0.29, 0.717) is 11.6 Å². The van der Waals surface area contributed by atoms with Crippen LogP contribution in [0.4, 0.5) is 11.4 Å². The van der Waals surface area contributed by atoms with Crippen molar-refractivity contribution in [1.29, 1.82) is 0 Å². The maximum atomic E-state index is 11.8. The second kappa shape index (κ2) is 7.14. The predicted octanol–water partition coefficient (Wildman–Crippen LogP) is 2.97. The molecule has 0 aliphatic carbocycles. The summed E-state index contributed by atoms with van der Waals surface area (Å²) in [5.74, 6) is 0.415. The third kappa shape index (κ3) is 5.30. The summed E-state index contributed by atoms with van der Waals surface area (Å²) < 4.78 is 5.51. The number of ether oxygens (including phenoxy) is 1. The van der Waals surface area contributed by atoms with Gasteiger partial charge in [0.1, 0.15) is 6.61 Å². The zero-order chi connectivity index (χ0) is 14.4. The van der Waals surface area contributed by atoms with Crippen LogP contribution < -0.4 is 11.1 Å². The molecule has 19 heavy (non-hydrogen) atoms. The molecule has 0 aromatic heterocycles. The molecule has 0 bridgehead atoms. The number of hydrogen-bond donors (Lipinski definition) is 2. The predicted molar refractivity (Wildman–Crippen MR) is 79.1 cm³/mol. The summed E-state index contributed by atoms with van der Waals surface area (Å²) in [5, 5.41) is 2.82. The highest BCUT2D eigenvalue weighted by Gasteiger charge is 2.10. The van der Waals surface area contributed by atoms with E-state index in [-0.39, 0.29) is 18.6 Å². The Morgan fingerprint density at radius 1 is 1.37 bits per heavy atom. The number of nitrogens with one attached hydrogen (secondary N) is 1. The number of carbonyl (C=O) groups excluding carboxylic acids is 1. The highest BCUT2D eigenvalue weighted by atomic mass is 16.5. The summed E-state index contributed by atoms with van der Waals surface area (Å²) in [6, 6.07) is 5.47. The number of benzene rings is 1. The van der Waals surface area contributed by atoms with Gasteiger partial charge in [-0.15, -0.1) is 0 Å². The average Bonchev–Trinajstić information content (AvgIpc) is 2.32.